The van der Waals surface area contributed by atoms with Gasteiger partial charge in [-0.2, -0.15) is 0 Å². The number of ether oxygens (including phenoxy) is 3. The number of carbonyl (C=O) groups excluding carboxylic acids is 1. The second-order valence-electron chi connectivity index (χ2n) is 6.46. The number of methoxy groups -OCH3 is 1. The number of carbonyl (C=O) groups is 1. The molecule has 0 unspecified atom stereocenters. The normalized spacial score (nSPS) is 17.0. The Hall–Kier alpha value is -1.14. The molecule has 1 heterocycles. The molecule has 1 N–H and O–H groups in total. The summed E-state index contributed by atoms with van der Waals surface area (Å²) >= 11 is 0. The van der Waals surface area contributed by atoms with Gasteiger partial charge in [-0.15, -0.1) is 0 Å². The van der Waals surface area contributed by atoms with Crippen LogP contribution in [0.15, 0.2) is 4.99 Å². The van der Waals surface area contributed by atoms with Crippen LogP contribution in [-0.4, -0.2) is 52.0 Å². The first-order valence-corrected chi connectivity index (χ1v) is 8.96. The number of amidine groups is 1. The second-order valence-corrected chi connectivity index (χ2v) is 6.46. The Bertz CT molecular complexity index is 364. The van der Waals surface area contributed by atoms with Crippen LogP contribution in [0, 0.1) is 11.3 Å². The summed E-state index contributed by atoms with van der Waals surface area (Å²) in [4.78, 5) is 16.3. The molecule has 0 aromatic carbocycles. The van der Waals surface area contributed by atoms with Crippen LogP contribution in [0.1, 0.15) is 53.9 Å². The predicted molar refractivity (Wildman–Crippen MR) is 97.6 cm³/mol. The zero-order valence-corrected chi connectivity index (χ0v) is 16.3. The zero-order valence-electron chi connectivity index (χ0n) is 16.3. The number of alkyl carbamates (subject to hydrolysis) is 1. The Kier molecular flexibility index (Phi) is 12.6. The average Bonchev–Trinajstić information content (AvgIpc) is 2.56. The summed E-state index contributed by atoms with van der Waals surface area (Å²) < 4.78 is 15.3. The third kappa shape index (κ3) is 9.88. The van der Waals surface area contributed by atoms with E-state index in [0.717, 1.165) is 25.9 Å². The molecule has 6 heteroatoms. The van der Waals surface area contributed by atoms with Crippen molar-refractivity contribution in [2.75, 3.05) is 40.1 Å². The number of nitrogens with one attached hydrogen (secondary N) is 1. The highest BCUT2D eigenvalue weighted by Gasteiger charge is 2.28. The first-order chi connectivity index (χ1) is 11.4. The van der Waals surface area contributed by atoms with Crippen LogP contribution in [0.5, 0.6) is 0 Å². The lowest BCUT2D eigenvalue weighted by Crippen LogP contribution is -2.43. The molecule has 1 aliphatic rings. The van der Waals surface area contributed by atoms with Crippen molar-refractivity contribution in [2.24, 2.45) is 16.3 Å². The topological polar surface area (TPSA) is 69.2 Å². The van der Waals surface area contributed by atoms with Crippen molar-refractivity contribution in [2.45, 2.75) is 53.9 Å². The van der Waals surface area contributed by atoms with Gasteiger partial charge in [-0.1, -0.05) is 40.5 Å². The van der Waals surface area contributed by atoms with Crippen molar-refractivity contribution < 1.29 is 19.0 Å². The van der Waals surface area contributed by atoms with Gasteiger partial charge in [-0.3, -0.25) is 10.3 Å². The minimum atomic E-state index is -0.398. The van der Waals surface area contributed by atoms with E-state index < -0.39 is 6.09 Å². The highest BCUT2D eigenvalue weighted by atomic mass is 16.5. The molecule has 0 atom stereocenters. The largest absolute Gasteiger partial charge is 0.449 e. The van der Waals surface area contributed by atoms with Gasteiger partial charge >= 0.3 is 6.09 Å². The molecule has 1 aliphatic heterocycles. The lowest BCUT2D eigenvalue weighted by Gasteiger charge is -2.28. The number of nitrogens with zero attached hydrogens (tertiary/aromatic N) is 1. The maximum absolute atomic E-state index is 11.9. The van der Waals surface area contributed by atoms with E-state index in [1.165, 1.54) is 0 Å². The van der Waals surface area contributed by atoms with E-state index in [0.29, 0.717) is 38.1 Å². The molecule has 0 saturated carbocycles. The summed E-state index contributed by atoms with van der Waals surface area (Å²) in [5.74, 6) is 1.14. The van der Waals surface area contributed by atoms with Gasteiger partial charge < -0.3 is 14.2 Å². The number of hydrogen-bond donors (Lipinski definition) is 1. The van der Waals surface area contributed by atoms with Gasteiger partial charge in [0.1, 0.15) is 5.84 Å². The van der Waals surface area contributed by atoms with E-state index in [9.17, 15) is 4.79 Å². The van der Waals surface area contributed by atoms with Gasteiger partial charge in [-0.25, -0.2) is 4.79 Å². The first kappa shape index (κ1) is 22.9. The first-order valence-electron chi connectivity index (χ1n) is 8.96. The van der Waals surface area contributed by atoms with Gasteiger partial charge in [0.2, 0.25) is 0 Å². The van der Waals surface area contributed by atoms with E-state index in [-0.39, 0.29) is 5.41 Å². The van der Waals surface area contributed by atoms with Crippen molar-refractivity contribution >= 4 is 11.9 Å². The van der Waals surface area contributed by atoms with Crippen molar-refractivity contribution in [1.82, 2.24) is 5.32 Å². The van der Waals surface area contributed by atoms with Gasteiger partial charge in [0.05, 0.1) is 19.8 Å². The summed E-state index contributed by atoms with van der Waals surface area (Å²) in [5.41, 5.74) is -0.200. The van der Waals surface area contributed by atoms with Crippen LogP contribution in [0.3, 0.4) is 0 Å². The lowest BCUT2D eigenvalue weighted by atomic mass is 9.88. The van der Waals surface area contributed by atoms with Crippen molar-refractivity contribution in [3.63, 3.8) is 0 Å². The third-order valence-corrected chi connectivity index (χ3v) is 4.13. The molecule has 0 radical (unpaired) electrons. The van der Waals surface area contributed by atoms with Crippen molar-refractivity contribution in [3.05, 3.63) is 0 Å². The smallest absolute Gasteiger partial charge is 0.412 e. The van der Waals surface area contributed by atoms with Crippen molar-refractivity contribution in [3.8, 4) is 0 Å². The molecule has 0 aromatic heterocycles. The molecule has 1 rings (SSSR count). The SMILES string of the molecule is CCC(CC)COC(=O)NC1=NCCOCCC1(C)C.CCOC. The summed E-state index contributed by atoms with van der Waals surface area (Å²) in [5, 5.41) is 2.81. The molecule has 142 valence electrons. The fraction of sp³-hybridized carbons (Fsp3) is 0.889. The summed E-state index contributed by atoms with van der Waals surface area (Å²) in [6, 6.07) is 0. The molecule has 24 heavy (non-hydrogen) atoms. The Morgan fingerprint density at radius 3 is 2.46 bits per heavy atom. The van der Waals surface area contributed by atoms with Gasteiger partial charge in [-0.05, 0) is 19.3 Å². The Labute approximate surface area is 147 Å². The van der Waals surface area contributed by atoms with Crippen LogP contribution in [0.4, 0.5) is 4.79 Å². The van der Waals surface area contributed by atoms with Crippen LogP contribution >= 0.6 is 0 Å². The summed E-state index contributed by atoms with van der Waals surface area (Å²) in [7, 11) is 1.68. The van der Waals surface area contributed by atoms with Crippen LogP contribution < -0.4 is 5.32 Å². The number of amides is 1. The fourth-order valence-electron chi connectivity index (χ4n) is 2.04. The molecular formula is C18H36N2O4. The summed E-state index contributed by atoms with van der Waals surface area (Å²) in [6.45, 7) is 13.4. The van der Waals surface area contributed by atoms with E-state index in [1.54, 1.807) is 7.11 Å². The Morgan fingerprint density at radius 2 is 1.92 bits per heavy atom. The van der Waals surface area contributed by atoms with Crippen molar-refractivity contribution in [1.29, 1.82) is 0 Å². The third-order valence-electron chi connectivity index (χ3n) is 4.13. The maximum atomic E-state index is 11.9. The fourth-order valence-corrected chi connectivity index (χ4v) is 2.04. The highest BCUT2D eigenvalue weighted by Crippen LogP contribution is 2.23. The zero-order chi connectivity index (χ0) is 18.4. The molecule has 0 aromatic rings. The standard InChI is InChI=1S/C15H28N2O3.C3H8O/c1-5-12(6-2)11-20-14(18)17-13-15(3,4)7-9-19-10-8-16-13;1-3-4-2/h12H,5-11H2,1-4H3,(H,16,17,18);3H2,1-2H3. The second kappa shape index (κ2) is 13.2. The van der Waals surface area contributed by atoms with Crippen LogP contribution in [0.25, 0.3) is 0 Å². The molecule has 0 fully saturated rings. The summed E-state index contributed by atoms with van der Waals surface area (Å²) in [6.07, 6.45) is 2.48. The minimum absolute atomic E-state index is 0.200. The van der Waals surface area contributed by atoms with Gasteiger partial charge in [0, 0.05) is 25.7 Å². The minimum Gasteiger partial charge on any atom is -0.449 e. The average molecular weight is 344 g/mol. The van der Waals surface area contributed by atoms with E-state index >= 15 is 0 Å². The van der Waals surface area contributed by atoms with Crippen LogP contribution in [-0.2, 0) is 14.2 Å². The Morgan fingerprint density at radius 1 is 1.29 bits per heavy atom. The van der Waals surface area contributed by atoms with Gasteiger partial charge in [0.15, 0.2) is 0 Å². The Balaban J connectivity index is 0.00000118. The number of aliphatic imine (C=N–C) groups is 1. The predicted octanol–water partition coefficient (Wildman–Crippen LogP) is 3.65. The molecular weight excluding hydrogens is 308 g/mol. The molecule has 6 nitrogen and oxygen atoms in total. The van der Waals surface area contributed by atoms with E-state index in [2.05, 4.69) is 42.7 Å². The highest BCUT2D eigenvalue weighted by molar-refractivity contribution is 5.98. The van der Waals surface area contributed by atoms with E-state index in [4.69, 9.17) is 9.47 Å². The van der Waals surface area contributed by atoms with Crippen LogP contribution in [0.2, 0.25) is 0 Å². The molecule has 0 spiro atoms. The quantitative estimate of drug-likeness (QED) is 0.826. The molecule has 1 amide bonds. The number of rotatable bonds is 5. The van der Waals surface area contributed by atoms with Gasteiger partial charge in [0.25, 0.3) is 0 Å². The lowest BCUT2D eigenvalue weighted by molar-refractivity contribution is 0.114. The maximum Gasteiger partial charge on any atom is 0.412 e. The molecule has 0 aliphatic carbocycles. The monoisotopic (exact) mass is 344 g/mol. The molecule has 0 bridgehead atoms. The van der Waals surface area contributed by atoms with E-state index in [1.807, 2.05) is 6.92 Å². The molecule has 0 saturated heterocycles. The number of hydrogen-bond acceptors (Lipinski definition) is 5.